The molecular formula is C20H22N2O2. The highest BCUT2D eigenvalue weighted by Gasteiger charge is 2.37. The fraction of sp³-hybridized carbons (Fsp3) is 0.300. The molecule has 0 aliphatic carbocycles. The zero-order chi connectivity index (χ0) is 17.3. The minimum absolute atomic E-state index is 0.0940. The molecule has 2 amide bonds. The Balaban J connectivity index is 1.98. The smallest absolute Gasteiger partial charge is 0.255 e. The van der Waals surface area contributed by atoms with Gasteiger partial charge in [0, 0.05) is 17.6 Å². The quantitative estimate of drug-likeness (QED) is 0.942. The molecule has 1 aliphatic rings. The first-order valence-corrected chi connectivity index (χ1v) is 8.13. The van der Waals surface area contributed by atoms with Gasteiger partial charge >= 0.3 is 0 Å². The Hall–Kier alpha value is -2.62. The number of fused-ring (bicyclic) bond motifs is 1. The first-order chi connectivity index (χ1) is 11.4. The molecule has 24 heavy (non-hydrogen) atoms. The van der Waals surface area contributed by atoms with E-state index in [0.717, 1.165) is 11.1 Å². The van der Waals surface area contributed by atoms with Crippen LogP contribution in [0.4, 0.5) is 0 Å². The molecule has 0 bridgehead atoms. The third-order valence-electron chi connectivity index (χ3n) is 4.02. The van der Waals surface area contributed by atoms with E-state index in [1.165, 1.54) is 0 Å². The van der Waals surface area contributed by atoms with Crippen LogP contribution in [0.1, 0.15) is 48.3 Å². The largest absolute Gasteiger partial charge is 0.349 e. The number of rotatable bonds is 3. The summed E-state index contributed by atoms with van der Waals surface area (Å²) in [7, 11) is 0. The van der Waals surface area contributed by atoms with Crippen molar-refractivity contribution in [2.75, 3.05) is 0 Å². The molecule has 0 spiro atoms. The molecule has 0 saturated carbocycles. The molecule has 0 aromatic heterocycles. The molecule has 2 aromatic rings. The standard InChI is InChI=1S/C20H22N2O2/c1-20(2,3)21-18(23)17(14-9-5-4-6-10-14)22-13-15-11-7-8-12-16(15)19(22)24/h4-12,17H,13H2,1-3H3,(H,21,23). The molecule has 1 unspecified atom stereocenters. The monoisotopic (exact) mass is 322 g/mol. The third kappa shape index (κ3) is 3.18. The Morgan fingerprint density at radius 2 is 1.67 bits per heavy atom. The number of hydrogen-bond acceptors (Lipinski definition) is 2. The minimum atomic E-state index is -0.634. The maximum absolute atomic E-state index is 12.9. The topological polar surface area (TPSA) is 49.4 Å². The van der Waals surface area contributed by atoms with E-state index in [4.69, 9.17) is 0 Å². The van der Waals surface area contributed by atoms with Crippen LogP contribution in [0.2, 0.25) is 0 Å². The molecule has 1 aliphatic heterocycles. The maximum Gasteiger partial charge on any atom is 0.255 e. The van der Waals surface area contributed by atoms with Crippen LogP contribution in [0, 0.1) is 0 Å². The summed E-state index contributed by atoms with van der Waals surface area (Å²) >= 11 is 0. The van der Waals surface area contributed by atoms with Gasteiger partial charge in [-0.05, 0) is 38.0 Å². The fourth-order valence-corrected chi connectivity index (χ4v) is 3.03. The lowest BCUT2D eigenvalue weighted by atomic mass is 10.0. The Bertz CT molecular complexity index is 763. The van der Waals surface area contributed by atoms with E-state index in [-0.39, 0.29) is 17.4 Å². The number of carbonyl (C=O) groups excluding carboxylic acids is 2. The van der Waals surface area contributed by atoms with Gasteiger partial charge in [-0.3, -0.25) is 9.59 Å². The molecule has 4 heteroatoms. The molecule has 124 valence electrons. The summed E-state index contributed by atoms with van der Waals surface area (Å²) in [5, 5.41) is 3.01. The van der Waals surface area contributed by atoms with Crippen molar-refractivity contribution in [3.63, 3.8) is 0 Å². The van der Waals surface area contributed by atoms with Crippen molar-refractivity contribution in [1.29, 1.82) is 0 Å². The Morgan fingerprint density at radius 1 is 1.04 bits per heavy atom. The van der Waals surface area contributed by atoms with E-state index in [1.807, 2.05) is 75.4 Å². The van der Waals surface area contributed by atoms with Crippen molar-refractivity contribution in [3.8, 4) is 0 Å². The number of nitrogens with one attached hydrogen (secondary N) is 1. The van der Waals surface area contributed by atoms with E-state index in [9.17, 15) is 9.59 Å². The number of amides is 2. The van der Waals surface area contributed by atoms with Crippen molar-refractivity contribution < 1.29 is 9.59 Å². The van der Waals surface area contributed by atoms with Crippen molar-refractivity contribution in [2.24, 2.45) is 0 Å². The van der Waals surface area contributed by atoms with Gasteiger partial charge in [-0.2, -0.15) is 0 Å². The highest BCUT2D eigenvalue weighted by atomic mass is 16.2. The number of benzene rings is 2. The van der Waals surface area contributed by atoms with Gasteiger partial charge in [0.2, 0.25) is 5.91 Å². The van der Waals surface area contributed by atoms with Gasteiger partial charge in [0.25, 0.3) is 5.91 Å². The van der Waals surface area contributed by atoms with E-state index < -0.39 is 6.04 Å². The molecule has 2 aromatic carbocycles. The van der Waals surface area contributed by atoms with E-state index >= 15 is 0 Å². The van der Waals surface area contributed by atoms with Crippen molar-refractivity contribution in [3.05, 3.63) is 71.3 Å². The highest BCUT2D eigenvalue weighted by Crippen LogP contribution is 2.31. The SMILES string of the molecule is CC(C)(C)NC(=O)C(c1ccccc1)N1Cc2ccccc2C1=O. The predicted molar refractivity (Wildman–Crippen MR) is 93.4 cm³/mol. The highest BCUT2D eigenvalue weighted by molar-refractivity contribution is 6.01. The summed E-state index contributed by atoms with van der Waals surface area (Å²) in [5.41, 5.74) is 2.11. The summed E-state index contributed by atoms with van der Waals surface area (Å²) in [4.78, 5) is 27.4. The molecular weight excluding hydrogens is 300 g/mol. The number of nitrogens with zero attached hydrogens (tertiary/aromatic N) is 1. The van der Waals surface area contributed by atoms with E-state index in [0.29, 0.717) is 12.1 Å². The maximum atomic E-state index is 12.9. The summed E-state index contributed by atoms with van der Waals surface area (Å²) in [6, 6.07) is 16.4. The predicted octanol–water partition coefficient (Wildman–Crippen LogP) is 3.30. The Morgan fingerprint density at radius 3 is 2.29 bits per heavy atom. The van der Waals surface area contributed by atoms with Crippen LogP contribution >= 0.6 is 0 Å². The van der Waals surface area contributed by atoms with Gasteiger partial charge in [-0.25, -0.2) is 0 Å². The van der Waals surface area contributed by atoms with Crippen LogP contribution in [0.15, 0.2) is 54.6 Å². The second-order valence-corrected chi connectivity index (χ2v) is 7.14. The zero-order valence-corrected chi connectivity index (χ0v) is 14.2. The van der Waals surface area contributed by atoms with Crippen LogP contribution < -0.4 is 5.32 Å². The number of carbonyl (C=O) groups is 2. The van der Waals surface area contributed by atoms with Gasteiger partial charge in [0.15, 0.2) is 0 Å². The molecule has 0 radical (unpaired) electrons. The van der Waals surface area contributed by atoms with Crippen LogP contribution in [0.3, 0.4) is 0 Å². The normalized spacial score (nSPS) is 15.1. The molecule has 0 fully saturated rings. The summed E-state index contributed by atoms with van der Waals surface area (Å²) in [5.74, 6) is -0.252. The lowest BCUT2D eigenvalue weighted by Gasteiger charge is -2.31. The zero-order valence-electron chi connectivity index (χ0n) is 14.2. The number of hydrogen-bond donors (Lipinski definition) is 1. The first kappa shape index (κ1) is 16.2. The first-order valence-electron chi connectivity index (χ1n) is 8.13. The van der Waals surface area contributed by atoms with Crippen molar-refractivity contribution >= 4 is 11.8 Å². The third-order valence-corrected chi connectivity index (χ3v) is 4.02. The molecule has 4 nitrogen and oxygen atoms in total. The van der Waals surface area contributed by atoms with Gasteiger partial charge in [-0.15, -0.1) is 0 Å². The van der Waals surface area contributed by atoms with E-state index in [2.05, 4.69) is 5.32 Å². The molecule has 3 rings (SSSR count). The van der Waals surface area contributed by atoms with Crippen LogP contribution in [0.25, 0.3) is 0 Å². The van der Waals surface area contributed by atoms with Gasteiger partial charge in [-0.1, -0.05) is 48.5 Å². The van der Waals surface area contributed by atoms with Gasteiger partial charge in [0.05, 0.1) is 0 Å². The second kappa shape index (κ2) is 6.11. The summed E-state index contributed by atoms with van der Waals surface area (Å²) in [6.45, 7) is 6.26. The van der Waals surface area contributed by atoms with Crippen LogP contribution in [0.5, 0.6) is 0 Å². The summed E-state index contributed by atoms with van der Waals surface area (Å²) < 4.78 is 0. The van der Waals surface area contributed by atoms with Gasteiger partial charge in [0.1, 0.15) is 6.04 Å². The molecule has 0 saturated heterocycles. The second-order valence-electron chi connectivity index (χ2n) is 7.14. The minimum Gasteiger partial charge on any atom is -0.349 e. The van der Waals surface area contributed by atoms with Crippen LogP contribution in [-0.2, 0) is 11.3 Å². The van der Waals surface area contributed by atoms with Gasteiger partial charge < -0.3 is 10.2 Å². The molecule has 1 atom stereocenters. The average Bonchev–Trinajstić information content (AvgIpc) is 2.84. The fourth-order valence-electron chi connectivity index (χ4n) is 3.03. The summed E-state index contributed by atoms with van der Waals surface area (Å²) in [6.07, 6.45) is 0. The van der Waals surface area contributed by atoms with Crippen LogP contribution in [-0.4, -0.2) is 22.3 Å². The average molecular weight is 322 g/mol. The molecule has 1 N–H and O–H groups in total. The Labute approximate surface area is 142 Å². The Kier molecular flexibility index (Phi) is 4.14. The lowest BCUT2D eigenvalue weighted by molar-refractivity contribution is -0.127. The molecule has 1 heterocycles. The van der Waals surface area contributed by atoms with E-state index in [1.54, 1.807) is 4.90 Å². The van der Waals surface area contributed by atoms with Crippen molar-refractivity contribution in [1.82, 2.24) is 10.2 Å². The van der Waals surface area contributed by atoms with Crippen molar-refractivity contribution in [2.45, 2.75) is 38.9 Å². The lowest BCUT2D eigenvalue weighted by Crippen LogP contribution is -2.47.